The van der Waals surface area contributed by atoms with Crippen LogP contribution in [0.1, 0.15) is 13.3 Å². The van der Waals surface area contributed by atoms with Gasteiger partial charge in [0.25, 0.3) is 0 Å². The molecule has 0 radical (unpaired) electrons. The average molecular weight is 252 g/mol. The highest BCUT2D eigenvalue weighted by Crippen LogP contribution is 2.35. The topological polar surface area (TPSA) is 73.6 Å². The van der Waals surface area contributed by atoms with E-state index < -0.39 is 4.92 Å². The Morgan fingerprint density at radius 1 is 1.56 bits per heavy atom. The van der Waals surface area contributed by atoms with Crippen LogP contribution in [0.3, 0.4) is 0 Å². The number of benzene rings is 1. The lowest BCUT2D eigenvalue weighted by Crippen LogP contribution is -2.38. The standard InChI is InChI=1S/C12H16N2O4/c1-2-6-13-10-4-3-5-11(12(10)14(15)16)18-9-7-17-8-9/h3-5,9,13H,2,6-8H2,1H3. The van der Waals surface area contributed by atoms with Gasteiger partial charge in [-0.2, -0.15) is 0 Å². The normalized spacial score (nSPS) is 14.9. The highest BCUT2D eigenvalue weighted by atomic mass is 16.6. The van der Waals surface area contributed by atoms with Crippen LogP contribution in [0.5, 0.6) is 5.75 Å². The molecule has 1 aliphatic rings. The lowest BCUT2D eigenvalue weighted by atomic mass is 10.2. The highest BCUT2D eigenvalue weighted by molar-refractivity contribution is 5.68. The summed E-state index contributed by atoms with van der Waals surface area (Å²) in [6.07, 6.45) is 0.823. The zero-order valence-corrected chi connectivity index (χ0v) is 10.2. The molecular formula is C12H16N2O4. The lowest BCUT2D eigenvalue weighted by molar-refractivity contribution is -0.385. The smallest absolute Gasteiger partial charge is 0.333 e. The summed E-state index contributed by atoms with van der Waals surface area (Å²) in [7, 11) is 0. The molecule has 0 aromatic heterocycles. The predicted molar refractivity (Wildman–Crippen MR) is 67.1 cm³/mol. The SMILES string of the molecule is CCCNc1cccc(OC2COC2)c1[N+](=O)[O-]. The zero-order chi connectivity index (χ0) is 13.0. The van der Waals surface area contributed by atoms with Crippen LogP contribution in [-0.4, -0.2) is 30.8 Å². The van der Waals surface area contributed by atoms with Gasteiger partial charge in [0.2, 0.25) is 0 Å². The molecule has 0 saturated carbocycles. The van der Waals surface area contributed by atoms with Crippen molar-refractivity contribution in [1.29, 1.82) is 0 Å². The van der Waals surface area contributed by atoms with E-state index in [2.05, 4.69) is 5.32 Å². The molecule has 2 rings (SSSR count). The Kier molecular flexibility index (Phi) is 3.99. The van der Waals surface area contributed by atoms with Crippen LogP contribution in [0.2, 0.25) is 0 Å². The maximum absolute atomic E-state index is 11.1. The molecule has 1 aliphatic heterocycles. The van der Waals surface area contributed by atoms with E-state index in [0.717, 1.165) is 6.42 Å². The van der Waals surface area contributed by atoms with E-state index >= 15 is 0 Å². The monoisotopic (exact) mass is 252 g/mol. The Hall–Kier alpha value is -1.82. The van der Waals surface area contributed by atoms with Crippen LogP contribution in [0.25, 0.3) is 0 Å². The van der Waals surface area contributed by atoms with Crippen molar-refractivity contribution in [3.63, 3.8) is 0 Å². The number of nitrogens with one attached hydrogen (secondary N) is 1. The Morgan fingerprint density at radius 2 is 2.33 bits per heavy atom. The van der Waals surface area contributed by atoms with Crippen LogP contribution in [0, 0.1) is 10.1 Å². The Bertz CT molecular complexity index is 432. The van der Waals surface area contributed by atoms with Crippen molar-refractivity contribution >= 4 is 11.4 Å². The molecule has 1 saturated heterocycles. The van der Waals surface area contributed by atoms with E-state index in [1.165, 1.54) is 0 Å². The lowest BCUT2D eigenvalue weighted by Gasteiger charge is -2.26. The van der Waals surface area contributed by atoms with Gasteiger partial charge in [0.05, 0.1) is 18.1 Å². The number of hydrogen-bond acceptors (Lipinski definition) is 5. The molecule has 0 amide bonds. The minimum Gasteiger partial charge on any atom is -0.479 e. The second kappa shape index (κ2) is 5.68. The number of hydrogen-bond donors (Lipinski definition) is 1. The van der Waals surface area contributed by atoms with Gasteiger partial charge in [-0.3, -0.25) is 10.1 Å². The Morgan fingerprint density at radius 3 is 2.89 bits per heavy atom. The number of nitro groups is 1. The molecule has 1 heterocycles. The van der Waals surface area contributed by atoms with Crippen molar-refractivity contribution in [2.75, 3.05) is 25.1 Å². The van der Waals surface area contributed by atoms with Crippen molar-refractivity contribution in [1.82, 2.24) is 0 Å². The molecule has 1 N–H and O–H groups in total. The van der Waals surface area contributed by atoms with E-state index in [1.807, 2.05) is 6.92 Å². The number of para-hydroxylation sites is 1. The van der Waals surface area contributed by atoms with E-state index in [9.17, 15) is 10.1 Å². The summed E-state index contributed by atoms with van der Waals surface area (Å²) in [5.41, 5.74) is 0.498. The molecule has 0 unspecified atom stereocenters. The molecule has 1 fully saturated rings. The van der Waals surface area contributed by atoms with Crippen molar-refractivity contribution in [2.24, 2.45) is 0 Å². The van der Waals surface area contributed by atoms with Crippen LogP contribution < -0.4 is 10.1 Å². The Labute approximate surface area is 105 Å². The molecule has 1 aromatic rings. The van der Waals surface area contributed by atoms with Gasteiger partial charge in [0.15, 0.2) is 5.75 Å². The number of rotatable bonds is 6. The predicted octanol–water partition coefficient (Wildman–Crippen LogP) is 2.19. The molecule has 0 spiro atoms. The first-order chi connectivity index (χ1) is 8.72. The largest absolute Gasteiger partial charge is 0.479 e. The molecule has 6 nitrogen and oxygen atoms in total. The summed E-state index contributed by atoms with van der Waals surface area (Å²) >= 11 is 0. The fourth-order valence-corrected chi connectivity index (χ4v) is 1.67. The first kappa shape index (κ1) is 12.6. The zero-order valence-electron chi connectivity index (χ0n) is 10.2. The minimum atomic E-state index is -0.410. The number of nitrogens with zero attached hydrogens (tertiary/aromatic N) is 1. The highest BCUT2D eigenvalue weighted by Gasteiger charge is 2.26. The van der Waals surface area contributed by atoms with Gasteiger partial charge in [0, 0.05) is 6.54 Å². The summed E-state index contributed by atoms with van der Waals surface area (Å²) in [5.74, 6) is 0.300. The van der Waals surface area contributed by atoms with Gasteiger partial charge < -0.3 is 14.8 Å². The Balaban J connectivity index is 2.23. The number of ether oxygens (including phenoxy) is 2. The second-order valence-electron chi connectivity index (χ2n) is 4.11. The van der Waals surface area contributed by atoms with Gasteiger partial charge in [-0.1, -0.05) is 13.0 Å². The maximum Gasteiger partial charge on any atom is 0.333 e. The molecule has 0 aliphatic carbocycles. The fourth-order valence-electron chi connectivity index (χ4n) is 1.67. The molecule has 0 bridgehead atoms. The summed E-state index contributed by atoms with van der Waals surface area (Å²) in [6, 6.07) is 5.06. The average Bonchev–Trinajstić information content (AvgIpc) is 2.30. The number of nitro benzene ring substituents is 1. The fraction of sp³-hybridized carbons (Fsp3) is 0.500. The van der Waals surface area contributed by atoms with Crippen LogP contribution >= 0.6 is 0 Å². The first-order valence-electron chi connectivity index (χ1n) is 5.98. The minimum absolute atomic E-state index is 0.00199. The van der Waals surface area contributed by atoms with Crippen molar-refractivity contribution in [3.05, 3.63) is 28.3 Å². The summed E-state index contributed by atoms with van der Waals surface area (Å²) in [6.45, 7) is 3.68. The second-order valence-corrected chi connectivity index (χ2v) is 4.11. The molecule has 1 aromatic carbocycles. The van der Waals surface area contributed by atoms with Gasteiger partial charge >= 0.3 is 5.69 Å². The van der Waals surface area contributed by atoms with E-state index in [1.54, 1.807) is 18.2 Å². The van der Waals surface area contributed by atoms with Gasteiger partial charge in [-0.25, -0.2) is 0 Å². The van der Waals surface area contributed by atoms with Crippen LogP contribution in [0.4, 0.5) is 11.4 Å². The van der Waals surface area contributed by atoms with Gasteiger partial charge in [0.1, 0.15) is 11.8 Å². The molecule has 98 valence electrons. The summed E-state index contributed by atoms with van der Waals surface area (Å²) < 4.78 is 10.5. The van der Waals surface area contributed by atoms with Gasteiger partial charge in [-0.15, -0.1) is 0 Å². The molecule has 18 heavy (non-hydrogen) atoms. The van der Waals surface area contributed by atoms with Crippen molar-refractivity contribution < 1.29 is 14.4 Å². The van der Waals surface area contributed by atoms with Crippen LogP contribution in [-0.2, 0) is 4.74 Å². The van der Waals surface area contributed by atoms with E-state index in [0.29, 0.717) is 31.2 Å². The molecule has 0 atom stereocenters. The summed E-state index contributed by atoms with van der Waals surface area (Å²) in [4.78, 5) is 10.7. The quantitative estimate of drug-likeness (QED) is 0.620. The molecule has 6 heteroatoms. The third-order valence-electron chi connectivity index (χ3n) is 2.65. The van der Waals surface area contributed by atoms with Gasteiger partial charge in [-0.05, 0) is 18.6 Å². The first-order valence-corrected chi connectivity index (χ1v) is 5.98. The van der Waals surface area contributed by atoms with Crippen molar-refractivity contribution in [3.8, 4) is 5.75 Å². The third-order valence-corrected chi connectivity index (χ3v) is 2.65. The maximum atomic E-state index is 11.1. The van der Waals surface area contributed by atoms with Crippen molar-refractivity contribution in [2.45, 2.75) is 19.4 Å². The van der Waals surface area contributed by atoms with Crippen LogP contribution in [0.15, 0.2) is 18.2 Å². The molecular weight excluding hydrogens is 236 g/mol. The summed E-state index contributed by atoms with van der Waals surface area (Å²) in [5, 5.41) is 14.2. The number of anilines is 1. The van der Waals surface area contributed by atoms with E-state index in [4.69, 9.17) is 9.47 Å². The van der Waals surface area contributed by atoms with E-state index in [-0.39, 0.29) is 11.8 Å². The third kappa shape index (κ3) is 2.70.